The van der Waals surface area contributed by atoms with Gasteiger partial charge in [-0.15, -0.1) is 11.6 Å². The van der Waals surface area contributed by atoms with Gasteiger partial charge in [-0.3, -0.25) is 9.69 Å². The van der Waals surface area contributed by atoms with Crippen LogP contribution >= 0.6 is 27.5 Å². The molecule has 0 radical (unpaired) electrons. The molecular formula is C14H10BrClN4O. The van der Waals surface area contributed by atoms with Gasteiger partial charge in [0.2, 0.25) is 5.91 Å². The van der Waals surface area contributed by atoms with E-state index in [0.717, 1.165) is 10.2 Å². The lowest BCUT2D eigenvalue weighted by Gasteiger charge is -2.18. The van der Waals surface area contributed by atoms with Gasteiger partial charge in [0.1, 0.15) is 11.6 Å². The van der Waals surface area contributed by atoms with Crippen molar-refractivity contribution in [3.05, 3.63) is 40.5 Å². The van der Waals surface area contributed by atoms with E-state index >= 15 is 0 Å². The van der Waals surface area contributed by atoms with Gasteiger partial charge in [-0.2, -0.15) is 10.4 Å². The number of hydrogen-bond donors (Lipinski definition) is 0. The molecule has 1 atom stereocenters. The zero-order valence-corrected chi connectivity index (χ0v) is 13.2. The SMILES string of the molecule is N#Cc1cnn(-c2ccc(Br)cc2)c1N1CC(Cl)CC1=O. The van der Waals surface area contributed by atoms with Gasteiger partial charge in [-0.25, -0.2) is 4.68 Å². The second kappa shape index (κ2) is 5.51. The Bertz CT molecular complexity index is 734. The summed E-state index contributed by atoms with van der Waals surface area (Å²) in [5.74, 6) is 0.387. The number of nitrogens with zero attached hydrogens (tertiary/aromatic N) is 4. The van der Waals surface area contributed by atoms with E-state index in [1.54, 1.807) is 4.68 Å². The third-order valence-corrected chi connectivity index (χ3v) is 4.09. The minimum absolute atomic E-state index is 0.0923. The van der Waals surface area contributed by atoms with Crippen LogP contribution in [0, 0.1) is 11.3 Å². The van der Waals surface area contributed by atoms with Crippen molar-refractivity contribution in [2.24, 2.45) is 0 Å². The van der Waals surface area contributed by atoms with Crippen LogP contribution in [0.25, 0.3) is 5.69 Å². The van der Waals surface area contributed by atoms with Gasteiger partial charge in [0, 0.05) is 17.4 Å². The molecule has 0 bridgehead atoms. The summed E-state index contributed by atoms with van der Waals surface area (Å²) in [4.78, 5) is 13.6. The first-order valence-electron chi connectivity index (χ1n) is 6.28. The number of carbonyl (C=O) groups excluding carboxylic acids is 1. The molecule has 0 aliphatic carbocycles. The van der Waals surface area contributed by atoms with E-state index in [0.29, 0.717) is 17.9 Å². The Balaban J connectivity index is 2.11. The normalized spacial score (nSPS) is 18.0. The summed E-state index contributed by atoms with van der Waals surface area (Å²) >= 11 is 9.43. The molecule has 0 saturated carbocycles. The number of benzene rings is 1. The predicted molar refractivity (Wildman–Crippen MR) is 82.6 cm³/mol. The van der Waals surface area contributed by atoms with Gasteiger partial charge in [-0.05, 0) is 24.3 Å². The van der Waals surface area contributed by atoms with Crippen LogP contribution in [0.3, 0.4) is 0 Å². The molecular weight excluding hydrogens is 356 g/mol. The monoisotopic (exact) mass is 364 g/mol. The van der Waals surface area contributed by atoms with Gasteiger partial charge in [0.15, 0.2) is 5.82 Å². The summed E-state index contributed by atoms with van der Waals surface area (Å²) in [5, 5.41) is 13.2. The van der Waals surface area contributed by atoms with Crippen molar-refractivity contribution in [2.75, 3.05) is 11.4 Å². The fraction of sp³-hybridized carbons (Fsp3) is 0.214. The van der Waals surface area contributed by atoms with Gasteiger partial charge in [0.25, 0.3) is 0 Å². The molecule has 1 aliphatic rings. The maximum atomic E-state index is 12.1. The van der Waals surface area contributed by atoms with Crippen molar-refractivity contribution in [3.63, 3.8) is 0 Å². The van der Waals surface area contributed by atoms with E-state index in [1.165, 1.54) is 11.1 Å². The van der Waals surface area contributed by atoms with Crippen molar-refractivity contribution in [1.29, 1.82) is 5.26 Å². The Morgan fingerprint density at radius 2 is 2.10 bits per heavy atom. The summed E-state index contributed by atoms with van der Waals surface area (Å²) in [6.07, 6.45) is 1.74. The number of halogens is 2. The molecule has 7 heteroatoms. The van der Waals surface area contributed by atoms with Crippen LogP contribution in [-0.4, -0.2) is 27.6 Å². The third-order valence-electron chi connectivity index (χ3n) is 3.27. The number of hydrogen-bond acceptors (Lipinski definition) is 3. The molecule has 1 aromatic heterocycles. The standard InChI is InChI=1S/C14H10BrClN4O/c15-10-1-3-12(4-2-10)20-14(9(6-17)7-18-20)19-8-11(16)5-13(19)21/h1-4,7,11H,5,8H2. The van der Waals surface area contributed by atoms with Crippen LogP contribution in [-0.2, 0) is 4.79 Å². The topological polar surface area (TPSA) is 61.9 Å². The van der Waals surface area contributed by atoms with Crippen molar-refractivity contribution in [1.82, 2.24) is 9.78 Å². The van der Waals surface area contributed by atoms with Crippen LogP contribution in [0.1, 0.15) is 12.0 Å². The number of carbonyl (C=O) groups is 1. The lowest BCUT2D eigenvalue weighted by atomic mass is 10.3. The maximum Gasteiger partial charge on any atom is 0.229 e. The molecule has 0 N–H and O–H groups in total. The Morgan fingerprint density at radius 3 is 2.67 bits per heavy atom. The first kappa shape index (κ1) is 14.1. The van der Waals surface area contributed by atoms with Crippen molar-refractivity contribution in [2.45, 2.75) is 11.8 Å². The summed E-state index contributed by atoms with van der Waals surface area (Å²) in [6.45, 7) is 0.386. The number of alkyl halides is 1. The highest BCUT2D eigenvalue weighted by Crippen LogP contribution is 2.29. The highest BCUT2D eigenvalue weighted by Gasteiger charge is 2.33. The van der Waals surface area contributed by atoms with Gasteiger partial charge < -0.3 is 0 Å². The summed E-state index contributed by atoms with van der Waals surface area (Å²) in [7, 11) is 0. The minimum atomic E-state index is -0.239. The number of rotatable bonds is 2. The lowest BCUT2D eigenvalue weighted by Crippen LogP contribution is -2.27. The third kappa shape index (κ3) is 2.55. The molecule has 0 spiro atoms. The smallest absolute Gasteiger partial charge is 0.229 e. The van der Waals surface area contributed by atoms with E-state index in [1.807, 2.05) is 24.3 Å². The molecule has 106 valence electrons. The summed E-state index contributed by atoms with van der Waals surface area (Å²) in [6, 6.07) is 9.56. The molecule has 21 heavy (non-hydrogen) atoms. The Hall–Kier alpha value is -1.84. The average Bonchev–Trinajstić information content (AvgIpc) is 3.02. The molecule has 3 rings (SSSR count). The number of anilines is 1. The highest BCUT2D eigenvalue weighted by molar-refractivity contribution is 9.10. The first-order valence-corrected chi connectivity index (χ1v) is 7.51. The van der Waals surface area contributed by atoms with Gasteiger partial charge >= 0.3 is 0 Å². The predicted octanol–water partition coefficient (Wildman–Crippen LogP) is 2.85. The van der Waals surface area contributed by atoms with E-state index in [9.17, 15) is 10.1 Å². The van der Waals surface area contributed by atoms with Crippen molar-refractivity contribution < 1.29 is 4.79 Å². The maximum absolute atomic E-state index is 12.1. The fourth-order valence-corrected chi connectivity index (χ4v) is 2.85. The Kier molecular flexibility index (Phi) is 3.70. The molecule has 2 heterocycles. The zero-order valence-electron chi connectivity index (χ0n) is 10.8. The molecule has 1 aliphatic heterocycles. The largest absolute Gasteiger partial charge is 0.294 e. The van der Waals surface area contributed by atoms with Crippen LogP contribution in [0.15, 0.2) is 34.9 Å². The second-order valence-electron chi connectivity index (χ2n) is 4.69. The van der Waals surface area contributed by atoms with E-state index < -0.39 is 0 Å². The number of nitriles is 1. The summed E-state index contributed by atoms with van der Waals surface area (Å²) < 4.78 is 2.54. The van der Waals surface area contributed by atoms with Gasteiger partial charge in [-0.1, -0.05) is 15.9 Å². The van der Waals surface area contributed by atoms with Crippen LogP contribution in [0.2, 0.25) is 0 Å². The number of amides is 1. The van der Waals surface area contributed by atoms with E-state index in [-0.39, 0.29) is 17.7 Å². The molecule has 1 aromatic carbocycles. The second-order valence-corrected chi connectivity index (χ2v) is 6.22. The molecule has 1 amide bonds. The zero-order chi connectivity index (χ0) is 15.0. The molecule has 1 unspecified atom stereocenters. The Morgan fingerprint density at radius 1 is 1.38 bits per heavy atom. The lowest BCUT2D eigenvalue weighted by molar-refractivity contribution is -0.117. The van der Waals surface area contributed by atoms with E-state index in [2.05, 4.69) is 27.1 Å². The molecule has 2 aromatic rings. The molecule has 1 saturated heterocycles. The van der Waals surface area contributed by atoms with Crippen molar-refractivity contribution >= 4 is 39.3 Å². The van der Waals surface area contributed by atoms with E-state index in [4.69, 9.17) is 11.6 Å². The molecule has 5 nitrogen and oxygen atoms in total. The Labute approximate surface area is 134 Å². The average molecular weight is 366 g/mol. The minimum Gasteiger partial charge on any atom is -0.294 e. The highest BCUT2D eigenvalue weighted by atomic mass is 79.9. The van der Waals surface area contributed by atoms with Gasteiger partial charge in [0.05, 0.1) is 17.3 Å². The van der Waals surface area contributed by atoms with Crippen LogP contribution < -0.4 is 4.90 Å². The molecule has 1 fully saturated rings. The van der Waals surface area contributed by atoms with Crippen LogP contribution in [0.5, 0.6) is 0 Å². The van der Waals surface area contributed by atoms with Crippen molar-refractivity contribution in [3.8, 4) is 11.8 Å². The summed E-state index contributed by atoms with van der Waals surface area (Å²) in [5.41, 5.74) is 1.14. The number of aromatic nitrogens is 2. The van der Waals surface area contributed by atoms with Crippen LogP contribution in [0.4, 0.5) is 5.82 Å². The first-order chi connectivity index (χ1) is 10.1. The quantitative estimate of drug-likeness (QED) is 0.769. The fourth-order valence-electron chi connectivity index (χ4n) is 2.32.